The molecule has 0 saturated carbocycles. The van der Waals surface area contributed by atoms with Crippen molar-refractivity contribution in [3.63, 3.8) is 0 Å². The molecule has 0 fully saturated rings. The summed E-state index contributed by atoms with van der Waals surface area (Å²) in [5.41, 5.74) is 2.33. The molecule has 2 N–H and O–H groups in total. The van der Waals surface area contributed by atoms with Crippen LogP contribution >= 0.6 is 0 Å². The number of nitrogens with one attached hydrogen (secondary N) is 1. The normalized spacial score (nSPS) is 13.4. The highest BCUT2D eigenvalue weighted by Crippen LogP contribution is 2.15. The van der Waals surface area contributed by atoms with Crippen LogP contribution in [0.2, 0.25) is 0 Å². The highest BCUT2D eigenvalue weighted by molar-refractivity contribution is 5.32. The topological polar surface area (TPSA) is 68.9 Å². The molecule has 0 aliphatic carbocycles. The van der Waals surface area contributed by atoms with Gasteiger partial charge in [0.2, 0.25) is 0 Å². The largest absolute Gasteiger partial charge is 0.387 e. The number of aliphatic hydroxyl groups is 1. The molecule has 1 unspecified atom stereocenters. The Hall–Kier alpha value is -2.22. The molecule has 0 amide bonds. The number of aromatic nitrogens is 1. The molecule has 1 aromatic heterocycles. The van der Waals surface area contributed by atoms with Gasteiger partial charge in [0.1, 0.15) is 0 Å². The van der Waals surface area contributed by atoms with Crippen molar-refractivity contribution in [3.05, 3.63) is 65.5 Å². The zero-order chi connectivity index (χ0) is 14.4. The molecule has 0 aliphatic rings. The van der Waals surface area contributed by atoms with Crippen LogP contribution in [-0.4, -0.2) is 16.6 Å². The lowest BCUT2D eigenvalue weighted by molar-refractivity contribution is 0.170. The Morgan fingerprint density at radius 1 is 1.25 bits per heavy atom. The maximum Gasteiger partial charge on any atom is 0.0991 e. The fourth-order valence-corrected chi connectivity index (χ4v) is 1.92. The van der Waals surface area contributed by atoms with E-state index in [4.69, 9.17) is 5.26 Å². The molecule has 2 aromatic rings. The van der Waals surface area contributed by atoms with Gasteiger partial charge in [0.25, 0.3) is 0 Å². The minimum Gasteiger partial charge on any atom is -0.387 e. The lowest BCUT2D eigenvalue weighted by atomic mass is 10.1. The monoisotopic (exact) mass is 267 g/mol. The number of hydrogen-bond acceptors (Lipinski definition) is 4. The standard InChI is InChI=1S/C16H17N3O/c1-12(15-4-2-3-9-18-15)19-11-16(20)14-7-5-13(10-17)6-8-14/h2-9,12,16,19-20H,11H2,1H3/t12-,16?/m0/s1. The Labute approximate surface area is 118 Å². The van der Waals surface area contributed by atoms with Crippen molar-refractivity contribution in [1.29, 1.82) is 5.26 Å². The third-order valence-corrected chi connectivity index (χ3v) is 3.17. The van der Waals surface area contributed by atoms with Crippen molar-refractivity contribution in [1.82, 2.24) is 10.3 Å². The molecule has 4 nitrogen and oxygen atoms in total. The molecule has 2 rings (SSSR count). The molecule has 0 saturated heterocycles. The number of aliphatic hydroxyl groups excluding tert-OH is 1. The minimum absolute atomic E-state index is 0.0734. The van der Waals surface area contributed by atoms with E-state index in [1.807, 2.05) is 25.1 Å². The Morgan fingerprint density at radius 3 is 2.60 bits per heavy atom. The summed E-state index contributed by atoms with van der Waals surface area (Å²) in [4.78, 5) is 4.27. The predicted molar refractivity (Wildman–Crippen MR) is 76.8 cm³/mol. The molecule has 2 atom stereocenters. The molecule has 0 spiro atoms. The smallest absolute Gasteiger partial charge is 0.0991 e. The molecule has 0 bridgehead atoms. The van der Waals surface area contributed by atoms with Crippen LogP contribution in [-0.2, 0) is 0 Å². The van der Waals surface area contributed by atoms with Gasteiger partial charge in [-0.05, 0) is 36.8 Å². The van der Waals surface area contributed by atoms with E-state index in [0.29, 0.717) is 12.1 Å². The summed E-state index contributed by atoms with van der Waals surface area (Å²) in [6, 6.07) is 14.9. The highest BCUT2D eigenvalue weighted by Gasteiger charge is 2.11. The summed E-state index contributed by atoms with van der Waals surface area (Å²) >= 11 is 0. The highest BCUT2D eigenvalue weighted by atomic mass is 16.3. The van der Waals surface area contributed by atoms with E-state index < -0.39 is 6.10 Å². The number of nitriles is 1. The van der Waals surface area contributed by atoms with Crippen molar-refractivity contribution < 1.29 is 5.11 Å². The zero-order valence-corrected chi connectivity index (χ0v) is 11.3. The van der Waals surface area contributed by atoms with Gasteiger partial charge in [0, 0.05) is 18.8 Å². The average molecular weight is 267 g/mol. The van der Waals surface area contributed by atoms with Crippen molar-refractivity contribution in [2.75, 3.05) is 6.54 Å². The van der Waals surface area contributed by atoms with Gasteiger partial charge in [-0.25, -0.2) is 0 Å². The summed E-state index contributed by atoms with van der Waals surface area (Å²) in [6.45, 7) is 2.44. The lowest BCUT2D eigenvalue weighted by Crippen LogP contribution is -2.25. The summed E-state index contributed by atoms with van der Waals surface area (Å²) < 4.78 is 0. The van der Waals surface area contributed by atoms with E-state index in [1.54, 1.807) is 30.5 Å². The Kier molecular flexibility index (Phi) is 4.83. The fourth-order valence-electron chi connectivity index (χ4n) is 1.92. The van der Waals surface area contributed by atoms with E-state index in [2.05, 4.69) is 16.4 Å². The first-order chi connectivity index (χ1) is 9.70. The summed E-state index contributed by atoms with van der Waals surface area (Å²) in [5, 5.41) is 22.1. The number of benzene rings is 1. The van der Waals surface area contributed by atoms with Gasteiger partial charge in [-0.3, -0.25) is 4.98 Å². The molecular weight excluding hydrogens is 250 g/mol. The van der Waals surface area contributed by atoms with Crippen LogP contribution in [0.3, 0.4) is 0 Å². The van der Waals surface area contributed by atoms with Crippen LogP contribution in [0, 0.1) is 11.3 Å². The third-order valence-electron chi connectivity index (χ3n) is 3.17. The maximum atomic E-state index is 10.1. The number of rotatable bonds is 5. The molecule has 4 heteroatoms. The first-order valence-corrected chi connectivity index (χ1v) is 6.53. The molecule has 0 radical (unpaired) electrons. The van der Waals surface area contributed by atoms with Gasteiger partial charge in [0.05, 0.1) is 23.4 Å². The summed E-state index contributed by atoms with van der Waals surface area (Å²) in [6.07, 6.45) is 1.15. The van der Waals surface area contributed by atoms with Crippen LogP contribution < -0.4 is 5.32 Å². The average Bonchev–Trinajstić information content (AvgIpc) is 2.53. The summed E-state index contributed by atoms with van der Waals surface area (Å²) in [5.74, 6) is 0. The summed E-state index contributed by atoms with van der Waals surface area (Å²) in [7, 11) is 0. The van der Waals surface area contributed by atoms with Gasteiger partial charge in [-0.2, -0.15) is 5.26 Å². The quantitative estimate of drug-likeness (QED) is 0.872. The molecule has 20 heavy (non-hydrogen) atoms. The number of nitrogens with zero attached hydrogens (tertiary/aromatic N) is 2. The third kappa shape index (κ3) is 3.64. The first kappa shape index (κ1) is 14.2. The van der Waals surface area contributed by atoms with E-state index in [-0.39, 0.29) is 6.04 Å². The molecule has 1 heterocycles. The number of hydrogen-bond donors (Lipinski definition) is 2. The first-order valence-electron chi connectivity index (χ1n) is 6.53. The molecule has 102 valence electrons. The minimum atomic E-state index is -0.603. The Morgan fingerprint density at radius 2 is 2.00 bits per heavy atom. The second kappa shape index (κ2) is 6.80. The molecular formula is C16H17N3O. The lowest BCUT2D eigenvalue weighted by Gasteiger charge is -2.17. The fraction of sp³-hybridized carbons (Fsp3) is 0.250. The second-order valence-electron chi connectivity index (χ2n) is 4.63. The SMILES string of the molecule is C[C@H](NCC(O)c1ccc(C#N)cc1)c1ccccn1. The Bertz CT molecular complexity index is 575. The van der Waals surface area contributed by atoms with E-state index in [9.17, 15) is 5.11 Å². The van der Waals surface area contributed by atoms with Crippen molar-refractivity contribution in [3.8, 4) is 6.07 Å². The maximum absolute atomic E-state index is 10.1. The predicted octanol–water partition coefficient (Wildman–Crippen LogP) is 2.34. The van der Waals surface area contributed by atoms with Crippen LogP contribution in [0.25, 0.3) is 0 Å². The van der Waals surface area contributed by atoms with E-state index in [0.717, 1.165) is 11.3 Å². The second-order valence-corrected chi connectivity index (χ2v) is 4.63. The molecule has 1 aromatic carbocycles. The van der Waals surface area contributed by atoms with Crippen LogP contribution in [0.4, 0.5) is 0 Å². The van der Waals surface area contributed by atoms with Gasteiger partial charge in [-0.1, -0.05) is 18.2 Å². The van der Waals surface area contributed by atoms with Gasteiger partial charge < -0.3 is 10.4 Å². The van der Waals surface area contributed by atoms with Crippen molar-refractivity contribution in [2.24, 2.45) is 0 Å². The molecule has 0 aliphatic heterocycles. The zero-order valence-electron chi connectivity index (χ0n) is 11.3. The van der Waals surface area contributed by atoms with Crippen LogP contribution in [0.1, 0.15) is 35.9 Å². The van der Waals surface area contributed by atoms with E-state index >= 15 is 0 Å². The van der Waals surface area contributed by atoms with Crippen LogP contribution in [0.5, 0.6) is 0 Å². The van der Waals surface area contributed by atoms with Crippen molar-refractivity contribution >= 4 is 0 Å². The Balaban J connectivity index is 1.91. The van der Waals surface area contributed by atoms with E-state index in [1.165, 1.54) is 0 Å². The van der Waals surface area contributed by atoms with Gasteiger partial charge >= 0.3 is 0 Å². The van der Waals surface area contributed by atoms with Crippen molar-refractivity contribution in [2.45, 2.75) is 19.1 Å². The number of pyridine rings is 1. The van der Waals surface area contributed by atoms with Gasteiger partial charge in [-0.15, -0.1) is 0 Å². The van der Waals surface area contributed by atoms with Crippen LogP contribution in [0.15, 0.2) is 48.7 Å². The van der Waals surface area contributed by atoms with Gasteiger partial charge in [0.15, 0.2) is 0 Å².